The molecule has 1 unspecified atom stereocenters. The van der Waals surface area contributed by atoms with Gasteiger partial charge in [-0.3, -0.25) is 4.98 Å². The molecule has 0 aliphatic heterocycles. The van der Waals surface area contributed by atoms with Gasteiger partial charge in [-0.15, -0.1) is 0 Å². The second-order valence-corrected chi connectivity index (χ2v) is 6.36. The summed E-state index contributed by atoms with van der Waals surface area (Å²) in [6, 6.07) is 14.2. The van der Waals surface area contributed by atoms with Crippen LogP contribution in [0.15, 0.2) is 65.3 Å². The smallest absolute Gasteiger partial charge is 0.360 e. The SMILES string of the molecule is CC(Nc1cc(C(F)(F)F)nc(-c2ccccn2)n1)c1noc(-c2ccccc2)n1. The fraction of sp³-hybridized carbons (Fsp3) is 0.150. The van der Waals surface area contributed by atoms with Gasteiger partial charge in [-0.1, -0.05) is 29.4 Å². The van der Waals surface area contributed by atoms with Crippen LogP contribution in [-0.2, 0) is 6.18 Å². The zero-order chi connectivity index (χ0) is 21.1. The summed E-state index contributed by atoms with van der Waals surface area (Å²) in [5.74, 6) is 0.419. The Morgan fingerprint density at radius 1 is 0.967 bits per heavy atom. The monoisotopic (exact) mass is 412 g/mol. The van der Waals surface area contributed by atoms with Crippen molar-refractivity contribution in [2.24, 2.45) is 0 Å². The van der Waals surface area contributed by atoms with E-state index in [0.717, 1.165) is 11.6 Å². The van der Waals surface area contributed by atoms with E-state index in [1.807, 2.05) is 30.3 Å². The molecular weight excluding hydrogens is 397 g/mol. The molecule has 0 saturated heterocycles. The molecule has 4 aromatic rings. The van der Waals surface area contributed by atoms with Gasteiger partial charge in [-0.25, -0.2) is 9.97 Å². The van der Waals surface area contributed by atoms with Crippen molar-refractivity contribution < 1.29 is 17.7 Å². The molecule has 0 fully saturated rings. The molecule has 1 atom stereocenters. The van der Waals surface area contributed by atoms with Gasteiger partial charge in [0.15, 0.2) is 17.3 Å². The summed E-state index contributed by atoms with van der Waals surface area (Å²) in [5.41, 5.74) is -0.113. The molecule has 1 N–H and O–H groups in total. The second kappa shape index (κ2) is 7.90. The highest BCUT2D eigenvalue weighted by Crippen LogP contribution is 2.31. The van der Waals surface area contributed by atoms with E-state index in [9.17, 15) is 13.2 Å². The third-order valence-electron chi connectivity index (χ3n) is 4.12. The number of alkyl halides is 3. The van der Waals surface area contributed by atoms with E-state index in [2.05, 4.69) is 30.4 Å². The maximum absolute atomic E-state index is 13.3. The second-order valence-electron chi connectivity index (χ2n) is 6.36. The van der Waals surface area contributed by atoms with Crippen LogP contribution in [-0.4, -0.2) is 25.1 Å². The Balaban J connectivity index is 1.63. The van der Waals surface area contributed by atoms with Gasteiger partial charge in [0, 0.05) is 17.8 Å². The molecule has 0 bridgehead atoms. The van der Waals surface area contributed by atoms with E-state index in [1.165, 1.54) is 12.3 Å². The molecule has 0 aliphatic carbocycles. The zero-order valence-corrected chi connectivity index (χ0v) is 15.6. The molecule has 0 amide bonds. The van der Waals surface area contributed by atoms with E-state index in [-0.39, 0.29) is 23.2 Å². The average molecular weight is 412 g/mol. The van der Waals surface area contributed by atoms with Crippen molar-refractivity contribution in [3.05, 3.63) is 72.3 Å². The van der Waals surface area contributed by atoms with Gasteiger partial charge >= 0.3 is 6.18 Å². The Hall–Kier alpha value is -3.82. The Bertz CT molecular complexity index is 1130. The molecule has 0 radical (unpaired) electrons. The van der Waals surface area contributed by atoms with E-state index < -0.39 is 17.9 Å². The Morgan fingerprint density at radius 3 is 2.43 bits per heavy atom. The number of benzene rings is 1. The molecule has 30 heavy (non-hydrogen) atoms. The van der Waals surface area contributed by atoms with Crippen molar-refractivity contribution >= 4 is 5.82 Å². The Labute approximate surface area is 169 Å². The molecule has 10 heteroatoms. The largest absolute Gasteiger partial charge is 0.433 e. The fourth-order valence-corrected chi connectivity index (χ4v) is 2.67. The van der Waals surface area contributed by atoms with Crippen molar-refractivity contribution in [1.29, 1.82) is 0 Å². The molecule has 3 heterocycles. The zero-order valence-electron chi connectivity index (χ0n) is 15.6. The normalized spacial score (nSPS) is 12.5. The molecule has 3 aromatic heterocycles. The highest BCUT2D eigenvalue weighted by Gasteiger charge is 2.34. The van der Waals surface area contributed by atoms with Crippen LogP contribution in [0.5, 0.6) is 0 Å². The minimum absolute atomic E-state index is 0.0310. The first-order valence-electron chi connectivity index (χ1n) is 8.93. The number of hydrogen-bond donors (Lipinski definition) is 1. The van der Waals surface area contributed by atoms with E-state index in [1.54, 1.807) is 19.1 Å². The third-order valence-corrected chi connectivity index (χ3v) is 4.12. The van der Waals surface area contributed by atoms with Gasteiger partial charge < -0.3 is 9.84 Å². The highest BCUT2D eigenvalue weighted by atomic mass is 19.4. The summed E-state index contributed by atoms with van der Waals surface area (Å²) in [5, 5.41) is 6.80. The van der Waals surface area contributed by atoms with Crippen LogP contribution >= 0.6 is 0 Å². The lowest BCUT2D eigenvalue weighted by Gasteiger charge is -2.14. The standard InChI is InChI=1S/C20H15F3N6O/c1-12(17-28-19(30-29-17)13-7-3-2-4-8-13)25-16-11-15(20(21,22)23)26-18(27-16)14-9-5-6-10-24-14/h2-12H,1H3,(H,25,26,27). The van der Waals surface area contributed by atoms with Gasteiger partial charge in [-0.05, 0) is 31.2 Å². The number of nitrogens with zero attached hydrogens (tertiary/aromatic N) is 5. The van der Waals surface area contributed by atoms with Crippen molar-refractivity contribution in [2.75, 3.05) is 5.32 Å². The van der Waals surface area contributed by atoms with Crippen LogP contribution in [0, 0.1) is 0 Å². The number of pyridine rings is 1. The summed E-state index contributed by atoms with van der Waals surface area (Å²) in [7, 11) is 0. The van der Waals surface area contributed by atoms with Gasteiger partial charge in [0.1, 0.15) is 11.5 Å². The number of hydrogen-bond acceptors (Lipinski definition) is 7. The van der Waals surface area contributed by atoms with Crippen molar-refractivity contribution in [3.8, 4) is 23.0 Å². The maximum atomic E-state index is 13.3. The van der Waals surface area contributed by atoms with E-state index in [4.69, 9.17) is 4.52 Å². The van der Waals surface area contributed by atoms with E-state index in [0.29, 0.717) is 5.89 Å². The van der Waals surface area contributed by atoms with Crippen LogP contribution in [0.1, 0.15) is 24.5 Å². The highest BCUT2D eigenvalue weighted by molar-refractivity contribution is 5.54. The lowest BCUT2D eigenvalue weighted by Crippen LogP contribution is -2.14. The van der Waals surface area contributed by atoms with Crippen LogP contribution in [0.25, 0.3) is 23.0 Å². The topological polar surface area (TPSA) is 89.6 Å². The summed E-state index contributed by atoms with van der Waals surface area (Å²) in [6.07, 6.45) is -3.18. The van der Waals surface area contributed by atoms with Crippen molar-refractivity contribution in [2.45, 2.75) is 19.1 Å². The van der Waals surface area contributed by atoms with Crippen LogP contribution in [0.4, 0.5) is 19.0 Å². The molecule has 0 spiro atoms. The molecule has 0 aliphatic rings. The fourth-order valence-electron chi connectivity index (χ4n) is 2.67. The molecule has 0 saturated carbocycles. The van der Waals surface area contributed by atoms with E-state index >= 15 is 0 Å². The maximum Gasteiger partial charge on any atom is 0.433 e. The predicted octanol–water partition coefficient (Wildman–Crippen LogP) is 4.78. The first-order valence-corrected chi connectivity index (χ1v) is 8.93. The Kier molecular flexibility index (Phi) is 5.13. The molecule has 1 aromatic carbocycles. The summed E-state index contributed by atoms with van der Waals surface area (Å²) in [4.78, 5) is 16.1. The minimum atomic E-state index is -4.64. The quantitative estimate of drug-likeness (QED) is 0.504. The first kappa shape index (κ1) is 19.5. The number of anilines is 1. The minimum Gasteiger partial charge on any atom is -0.360 e. The number of halogens is 3. The predicted molar refractivity (Wildman–Crippen MR) is 102 cm³/mol. The van der Waals surface area contributed by atoms with Crippen LogP contribution in [0.2, 0.25) is 0 Å². The number of nitrogens with one attached hydrogen (secondary N) is 1. The Morgan fingerprint density at radius 2 is 1.73 bits per heavy atom. The number of aromatic nitrogens is 5. The van der Waals surface area contributed by atoms with Crippen LogP contribution in [0.3, 0.4) is 0 Å². The summed E-state index contributed by atoms with van der Waals surface area (Å²) >= 11 is 0. The third kappa shape index (κ3) is 4.27. The van der Waals surface area contributed by atoms with Crippen LogP contribution < -0.4 is 5.32 Å². The summed E-state index contributed by atoms with van der Waals surface area (Å²) < 4.78 is 45.3. The molecule has 4 rings (SSSR count). The average Bonchev–Trinajstić information content (AvgIpc) is 3.25. The van der Waals surface area contributed by atoms with Gasteiger partial charge in [0.05, 0.1) is 6.04 Å². The molecule has 7 nitrogen and oxygen atoms in total. The summed E-state index contributed by atoms with van der Waals surface area (Å²) in [6.45, 7) is 1.69. The first-order chi connectivity index (χ1) is 14.4. The van der Waals surface area contributed by atoms with Gasteiger partial charge in [0.2, 0.25) is 0 Å². The van der Waals surface area contributed by atoms with Crippen molar-refractivity contribution in [3.63, 3.8) is 0 Å². The lowest BCUT2D eigenvalue weighted by molar-refractivity contribution is -0.141. The van der Waals surface area contributed by atoms with Gasteiger partial charge in [0.25, 0.3) is 5.89 Å². The van der Waals surface area contributed by atoms with Gasteiger partial charge in [-0.2, -0.15) is 18.2 Å². The lowest BCUT2D eigenvalue weighted by atomic mass is 10.2. The van der Waals surface area contributed by atoms with Crippen molar-refractivity contribution in [1.82, 2.24) is 25.1 Å². The molecule has 152 valence electrons. The molecular formula is C20H15F3N6O. The number of rotatable bonds is 5.